The van der Waals surface area contributed by atoms with E-state index in [-0.39, 0.29) is 27.8 Å². The first kappa shape index (κ1) is 21.0. The van der Waals surface area contributed by atoms with E-state index in [4.69, 9.17) is 19.3 Å². The number of anilines is 3. The van der Waals surface area contributed by atoms with Crippen LogP contribution >= 0.6 is 11.3 Å². The Morgan fingerprint density at radius 1 is 1.26 bits per heavy atom. The number of allylic oxidation sites excluding steroid dienone is 2. The summed E-state index contributed by atoms with van der Waals surface area (Å²) in [6.07, 6.45) is 5.18. The zero-order valence-corrected chi connectivity index (χ0v) is 18.0. The van der Waals surface area contributed by atoms with E-state index in [1.807, 2.05) is 0 Å². The van der Waals surface area contributed by atoms with Crippen molar-refractivity contribution in [3.05, 3.63) is 34.0 Å². The summed E-state index contributed by atoms with van der Waals surface area (Å²) in [7, 11) is 3.07. The predicted molar refractivity (Wildman–Crippen MR) is 116 cm³/mol. The van der Waals surface area contributed by atoms with Crippen LogP contribution in [0.15, 0.2) is 27.1 Å². The Balaban J connectivity index is 1.49. The van der Waals surface area contributed by atoms with Gasteiger partial charge in [-0.15, -0.1) is 10.2 Å². The fourth-order valence-corrected chi connectivity index (χ4v) is 4.73. The number of aromatic nitrogens is 2. The van der Waals surface area contributed by atoms with Crippen LogP contribution < -0.4 is 26.3 Å². The van der Waals surface area contributed by atoms with Crippen molar-refractivity contribution in [2.45, 2.75) is 37.3 Å². The number of rotatable bonds is 9. The lowest BCUT2D eigenvalue weighted by molar-refractivity contribution is -0.215. The van der Waals surface area contributed by atoms with Gasteiger partial charge in [-0.2, -0.15) is 0 Å². The van der Waals surface area contributed by atoms with Gasteiger partial charge in [0.05, 0.1) is 18.4 Å². The van der Waals surface area contributed by atoms with Crippen molar-refractivity contribution in [2.24, 2.45) is 0 Å². The quantitative estimate of drug-likeness (QED) is 0.426. The van der Waals surface area contributed by atoms with Gasteiger partial charge in [0.2, 0.25) is 16.0 Å². The first-order valence-corrected chi connectivity index (χ1v) is 10.3. The monoisotopic (exact) mass is 446 g/mol. The van der Waals surface area contributed by atoms with Crippen LogP contribution in [0.2, 0.25) is 0 Å². The summed E-state index contributed by atoms with van der Waals surface area (Å²) < 4.78 is 15.8. The first-order chi connectivity index (χ1) is 14.8. The van der Waals surface area contributed by atoms with Gasteiger partial charge in [-0.1, -0.05) is 11.3 Å². The molecule has 0 saturated heterocycles. The minimum absolute atomic E-state index is 0.0172. The lowest BCUT2D eigenvalue weighted by Crippen LogP contribution is -2.76. The summed E-state index contributed by atoms with van der Waals surface area (Å²) in [6.45, 7) is 1.77. The van der Waals surface area contributed by atoms with Crippen LogP contribution in [0.5, 0.6) is 5.75 Å². The summed E-state index contributed by atoms with van der Waals surface area (Å²) in [5.41, 5.74) is 0.116. The molecule has 3 aliphatic rings. The van der Waals surface area contributed by atoms with Crippen LogP contribution in [0.4, 0.5) is 16.0 Å². The number of hydrogen-bond donors (Lipinski definition) is 4. The molecule has 0 atom stereocenters. The molecular formula is C19H22N6O5S. The molecular weight excluding hydrogens is 424 g/mol. The Bertz CT molecular complexity index is 1100. The van der Waals surface area contributed by atoms with Crippen LogP contribution in [-0.4, -0.2) is 47.7 Å². The van der Waals surface area contributed by atoms with E-state index >= 15 is 0 Å². The topological polar surface area (TPSA) is 151 Å². The summed E-state index contributed by atoms with van der Waals surface area (Å²) in [5, 5.41) is 24.4. The molecule has 2 heterocycles. The summed E-state index contributed by atoms with van der Waals surface area (Å²) >= 11 is 1.10. The number of hydrogen-bond acceptors (Lipinski definition) is 11. The molecule has 1 amide bonds. The highest BCUT2D eigenvalue weighted by Gasteiger charge is 2.69. The molecule has 0 aromatic carbocycles. The zero-order chi connectivity index (χ0) is 22.2. The van der Waals surface area contributed by atoms with Crippen LogP contribution in [-0.2, 0) is 4.74 Å². The number of nitrogens with zero attached hydrogens (tertiary/aromatic N) is 2. The normalized spacial score (nSPS) is 23.9. The third-order valence-electron chi connectivity index (χ3n) is 5.43. The highest BCUT2D eigenvalue weighted by Crippen LogP contribution is 2.63. The minimum atomic E-state index is -0.752. The average molecular weight is 446 g/mol. The van der Waals surface area contributed by atoms with Gasteiger partial charge in [0.15, 0.2) is 5.76 Å². The molecule has 0 spiro atoms. The second-order valence-electron chi connectivity index (χ2n) is 7.68. The van der Waals surface area contributed by atoms with Crippen LogP contribution in [0, 0.1) is 5.41 Å². The third kappa shape index (κ3) is 3.91. The van der Waals surface area contributed by atoms with Crippen LogP contribution in [0.1, 0.15) is 36.7 Å². The summed E-state index contributed by atoms with van der Waals surface area (Å²) in [4.78, 5) is 25.0. The second kappa shape index (κ2) is 7.78. The van der Waals surface area contributed by atoms with Crippen molar-refractivity contribution in [3.8, 4) is 5.75 Å². The maximum atomic E-state index is 12.7. The van der Waals surface area contributed by atoms with Crippen molar-refractivity contribution in [1.82, 2.24) is 10.2 Å². The molecule has 12 heteroatoms. The molecule has 31 heavy (non-hydrogen) atoms. The van der Waals surface area contributed by atoms with E-state index < -0.39 is 11.5 Å². The Morgan fingerprint density at radius 2 is 1.94 bits per heavy atom. The van der Waals surface area contributed by atoms with E-state index in [1.54, 1.807) is 20.1 Å². The molecule has 3 fully saturated rings. The Morgan fingerprint density at radius 3 is 2.55 bits per heavy atom. The number of methoxy groups -OCH3 is 2. The second-order valence-corrected chi connectivity index (χ2v) is 8.65. The Kier molecular flexibility index (Phi) is 5.27. The molecule has 11 nitrogen and oxygen atoms in total. The molecule has 2 bridgehead atoms. The van der Waals surface area contributed by atoms with E-state index in [2.05, 4.69) is 26.1 Å². The van der Waals surface area contributed by atoms with Crippen LogP contribution in [0.25, 0.3) is 0 Å². The highest BCUT2D eigenvalue weighted by molar-refractivity contribution is 7.19. The van der Waals surface area contributed by atoms with E-state index in [0.29, 0.717) is 16.5 Å². The standard InChI is InChI=1S/C19H22N6O5S/c1-10(4-5-20)21-16-24-25-17(31-16)22-14(26)12-6-11(13(28-2)15(27)30-12)23-18-7-19(8-18,9-18)29-3/h4-6,20,23H,7-9H2,1-3H3,(H,21,24)(H,22,25,26)/b10-4-,20-5?. The third-order valence-corrected chi connectivity index (χ3v) is 6.19. The van der Waals surface area contributed by atoms with Crippen molar-refractivity contribution in [3.63, 3.8) is 0 Å². The van der Waals surface area contributed by atoms with Gasteiger partial charge < -0.3 is 29.9 Å². The smallest absolute Gasteiger partial charge is 0.381 e. The number of ether oxygens (including phenoxy) is 2. The lowest BCUT2D eigenvalue weighted by Gasteiger charge is -2.69. The van der Waals surface area contributed by atoms with E-state index in [0.717, 1.165) is 36.8 Å². The van der Waals surface area contributed by atoms with Gasteiger partial charge >= 0.3 is 5.63 Å². The van der Waals surface area contributed by atoms with E-state index in [9.17, 15) is 9.59 Å². The molecule has 3 saturated carbocycles. The van der Waals surface area contributed by atoms with Crippen molar-refractivity contribution in [1.29, 1.82) is 5.41 Å². The minimum Gasteiger partial charge on any atom is -0.488 e. The van der Waals surface area contributed by atoms with Crippen molar-refractivity contribution < 1.29 is 18.7 Å². The highest BCUT2D eigenvalue weighted by atomic mass is 32.1. The number of carbonyl (C=O) groups excluding carboxylic acids is 1. The van der Waals surface area contributed by atoms with Crippen LogP contribution in [0.3, 0.4) is 0 Å². The Labute approximate surface area is 181 Å². The molecule has 0 aliphatic heterocycles. The van der Waals surface area contributed by atoms with Crippen molar-refractivity contribution >= 4 is 39.4 Å². The summed E-state index contributed by atoms with van der Waals surface area (Å²) in [5.74, 6) is -0.794. The van der Waals surface area contributed by atoms with Gasteiger partial charge in [0, 0.05) is 30.6 Å². The molecule has 2 aromatic heterocycles. The largest absolute Gasteiger partial charge is 0.488 e. The lowest BCUT2D eigenvalue weighted by atomic mass is 9.46. The number of amides is 1. The number of carbonyl (C=O) groups is 1. The SMILES string of the molecule is COc1c(NC23CC(OC)(C2)C3)cc(C(=O)Nc2nnc(N/C(C)=C\C=N)s2)oc1=O. The van der Waals surface area contributed by atoms with Gasteiger partial charge in [-0.05, 0) is 32.3 Å². The zero-order valence-electron chi connectivity index (χ0n) is 17.2. The van der Waals surface area contributed by atoms with Gasteiger partial charge in [0.1, 0.15) is 0 Å². The molecule has 4 N–H and O–H groups in total. The molecule has 0 radical (unpaired) electrons. The molecule has 5 rings (SSSR count). The van der Waals surface area contributed by atoms with Crippen molar-refractivity contribution in [2.75, 3.05) is 30.2 Å². The van der Waals surface area contributed by atoms with Gasteiger partial charge in [0.25, 0.3) is 5.91 Å². The molecule has 0 unspecified atom stereocenters. The average Bonchev–Trinajstić information content (AvgIpc) is 3.09. The first-order valence-electron chi connectivity index (χ1n) is 9.46. The molecule has 2 aromatic rings. The predicted octanol–water partition coefficient (Wildman–Crippen LogP) is 2.45. The molecule has 164 valence electrons. The van der Waals surface area contributed by atoms with E-state index in [1.165, 1.54) is 13.2 Å². The maximum Gasteiger partial charge on any atom is 0.381 e. The molecule has 3 aliphatic carbocycles. The maximum absolute atomic E-state index is 12.7. The number of nitrogens with one attached hydrogen (secondary N) is 4. The fourth-order valence-electron chi connectivity index (χ4n) is 4.03. The Hall–Kier alpha value is -3.25. The summed E-state index contributed by atoms with van der Waals surface area (Å²) in [6, 6.07) is 1.45. The fraction of sp³-hybridized carbons (Fsp3) is 0.421. The van der Waals surface area contributed by atoms with Gasteiger partial charge in [-0.25, -0.2) is 4.79 Å². The van der Waals surface area contributed by atoms with Gasteiger partial charge in [-0.3, -0.25) is 10.1 Å².